The minimum atomic E-state index is -0.119. The van der Waals surface area contributed by atoms with E-state index in [0.29, 0.717) is 18.3 Å². The maximum Gasteiger partial charge on any atom is 0.225 e. The molecule has 2 N–H and O–H groups in total. The Balaban J connectivity index is 2.35. The molecule has 100 valence electrons. The van der Waals surface area contributed by atoms with E-state index in [4.69, 9.17) is 23.2 Å². The van der Waals surface area contributed by atoms with Gasteiger partial charge in [0.15, 0.2) is 0 Å². The third-order valence-corrected chi connectivity index (χ3v) is 2.43. The van der Waals surface area contributed by atoms with Crippen LogP contribution in [0.15, 0.2) is 6.07 Å². The normalized spacial score (nSPS) is 10.7. The van der Waals surface area contributed by atoms with E-state index in [0.717, 1.165) is 13.0 Å². The standard InChI is InChI=1S/C11H16Cl2N4O/c1-7(2)14-5-3-4-10(18)16-9-6-8(12)15-11(13)17-9/h6-7,14H,3-5H2,1-2H3,(H,15,16,17,18). The quantitative estimate of drug-likeness (QED) is 0.480. The molecular weight excluding hydrogens is 275 g/mol. The number of amides is 1. The van der Waals surface area contributed by atoms with Crippen LogP contribution < -0.4 is 10.6 Å². The Morgan fingerprint density at radius 2 is 2.11 bits per heavy atom. The van der Waals surface area contributed by atoms with Crippen LogP contribution in [-0.2, 0) is 4.79 Å². The molecule has 0 fully saturated rings. The molecule has 0 saturated carbocycles. The molecule has 1 amide bonds. The molecule has 5 nitrogen and oxygen atoms in total. The van der Waals surface area contributed by atoms with Crippen molar-refractivity contribution in [3.63, 3.8) is 0 Å². The van der Waals surface area contributed by atoms with Crippen molar-refractivity contribution in [1.29, 1.82) is 0 Å². The van der Waals surface area contributed by atoms with Gasteiger partial charge in [0.05, 0.1) is 0 Å². The molecule has 1 heterocycles. The smallest absolute Gasteiger partial charge is 0.225 e. The van der Waals surface area contributed by atoms with Gasteiger partial charge in [-0.15, -0.1) is 0 Å². The van der Waals surface area contributed by atoms with Crippen LogP contribution in [0.5, 0.6) is 0 Å². The molecule has 0 spiro atoms. The minimum Gasteiger partial charge on any atom is -0.315 e. The van der Waals surface area contributed by atoms with Gasteiger partial charge >= 0.3 is 0 Å². The van der Waals surface area contributed by atoms with Crippen molar-refractivity contribution in [2.24, 2.45) is 0 Å². The van der Waals surface area contributed by atoms with Crippen LogP contribution in [0.4, 0.5) is 5.82 Å². The van der Waals surface area contributed by atoms with Gasteiger partial charge in [0.1, 0.15) is 11.0 Å². The van der Waals surface area contributed by atoms with E-state index in [1.165, 1.54) is 6.07 Å². The zero-order chi connectivity index (χ0) is 13.5. The average molecular weight is 291 g/mol. The van der Waals surface area contributed by atoms with Crippen LogP contribution in [-0.4, -0.2) is 28.5 Å². The third-order valence-electron chi connectivity index (χ3n) is 2.07. The van der Waals surface area contributed by atoms with Crippen molar-refractivity contribution in [3.8, 4) is 0 Å². The topological polar surface area (TPSA) is 66.9 Å². The van der Waals surface area contributed by atoms with E-state index >= 15 is 0 Å². The minimum absolute atomic E-state index is 0.0132. The summed E-state index contributed by atoms with van der Waals surface area (Å²) in [5.41, 5.74) is 0. The first kappa shape index (κ1) is 15.1. The van der Waals surface area contributed by atoms with Crippen LogP contribution in [0.3, 0.4) is 0 Å². The highest BCUT2D eigenvalue weighted by atomic mass is 35.5. The first-order valence-corrected chi connectivity index (χ1v) is 6.46. The zero-order valence-corrected chi connectivity index (χ0v) is 11.8. The molecule has 0 unspecified atom stereocenters. The summed E-state index contributed by atoms with van der Waals surface area (Å²) in [5.74, 6) is 0.202. The molecule has 0 bridgehead atoms. The molecule has 1 aromatic rings. The second-order valence-electron chi connectivity index (χ2n) is 4.11. The lowest BCUT2D eigenvalue weighted by Gasteiger charge is -2.08. The molecule has 0 saturated heterocycles. The molecule has 0 aliphatic carbocycles. The van der Waals surface area contributed by atoms with Gasteiger partial charge in [-0.1, -0.05) is 25.4 Å². The lowest BCUT2D eigenvalue weighted by atomic mass is 10.2. The van der Waals surface area contributed by atoms with Gasteiger partial charge in [0.25, 0.3) is 0 Å². The summed E-state index contributed by atoms with van der Waals surface area (Å²) in [6.45, 7) is 4.92. The molecule has 18 heavy (non-hydrogen) atoms. The van der Waals surface area contributed by atoms with Gasteiger partial charge in [0, 0.05) is 18.5 Å². The van der Waals surface area contributed by atoms with E-state index < -0.39 is 0 Å². The Morgan fingerprint density at radius 3 is 2.72 bits per heavy atom. The lowest BCUT2D eigenvalue weighted by Crippen LogP contribution is -2.24. The first-order chi connectivity index (χ1) is 8.47. The molecule has 0 aliphatic heterocycles. The second-order valence-corrected chi connectivity index (χ2v) is 4.83. The van der Waals surface area contributed by atoms with Gasteiger partial charge in [-0.25, -0.2) is 9.97 Å². The van der Waals surface area contributed by atoms with Crippen molar-refractivity contribution in [3.05, 3.63) is 16.5 Å². The van der Waals surface area contributed by atoms with E-state index in [1.54, 1.807) is 0 Å². The van der Waals surface area contributed by atoms with Crippen LogP contribution in [0.25, 0.3) is 0 Å². The van der Waals surface area contributed by atoms with Gasteiger partial charge < -0.3 is 10.6 Å². The summed E-state index contributed by atoms with van der Waals surface area (Å²) < 4.78 is 0. The van der Waals surface area contributed by atoms with Gasteiger partial charge in [-0.2, -0.15) is 0 Å². The van der Waals surface area contributed by atoms with Gasteiger partial charge in [-0.3, -0.25) is 4.79 Å². The van der Waals surface area contributed by atoms with E-state index in [-0.39, 0.29) is 16.3 Å². The number of rotatable bonds is 6. The molecule has 1 aromatic heterocycles. The van der Waals surface area contributed by atoms with Crippen LogP contribution in [0.2, 0.25) is 10.4 Å². The number of nitrogens with zero attached hydrogens (tertiary/aromatic N) is 2. The number of anilines is 1. The molecular formula is C11H16Cl2N4O. The Kier molecular flexibility index (Phi) is 6.32. The molecule has 0 radical (unpaired) electrons. The summed E-state index contributed by atoms with van der Waals surface area (Å²) >= 11 is 11.3. The van der Waals surface area contributed by atoms with Gasteiger partial charge in [0.2, 0.25) is 11.2 Å². The number of halogens is 2. The predicted octanol–water partition coefficient (Wildman–Crippen LogP) is 2.50. The highest BCUT2D eigenvalue weighted by molar-refractivity contribution is 6.32. The highest BCUT2D eigenvalue weighted by Gasteiger charge is 2.06. The third kappa shape index (κ3) is 6.14. The fraction of sp³-hybridized carbons (Fsp3) is 0.545. The maximum atomic E-state index is 11.6. The monoisotopic (exact) mass is 290 g/mol. The number of nitrogens with one attached hydrogen (secondary N) is 2. The second kappa shape index (κ2) is 7.51. The number of aromatic nitrogens is 2. The van der Waals surface area contributed by atoms with Crippen LogP contribution >= 0.6 is 23.2 Å². The van der Waals surface area contributed by atoms with Crippen molar-refractivity contribution >= 4 is 34.9 Å². The fourth-order valence-electron chi connectivity index (χ4n) is 1.30. The van der Waals surface area contributed by atoms with Crippen molar-refractivity contribution in [2.45, 2.75) is 32.7 Å². The SMILES string of the molecule is CC(C)NCCCC(=O)Nc1cc(Cl)nc(Cl)n1. The summed E-state index contributed by atoms with van der Waals surface area (Å²) in [4.78, 5) is 19.1. The summed E-state index contributed by atoms with van der Waals surface area (Å²) in [5, 5.41) is 6.07. The Labute approximate surface area is 116 Å². The van der Waals surface area contributed by atoms with Crippen molar-refractivity contribution < 1.29 is 4.79 Å². The largest absolute Gasteiger partial charge is 0.315 e. The molecule has 1 rings (SSSR count). The lowest BCUT2D eigenvalue weighted by molar-refractivity contribution is -0.116. The zero-order valence-electron chi connectivity index (χ0n) is 10.3. The van der Waals surface area contributed by atoms with Crippen molar-refractivity contribution in [1.82, 2.24) is 15.3 Å². The summed E-state index contributed by atoms with van der Waals surface area (Å²) in [6.07, 6.45) is 1.18. The number of carbonyl (C=O) groups is 1. The number of hydrogen-bond acceptors (Lipinski definition) is 4. The van der Waals surface area contributed by atoms with E-state index in [2.05, 4.69) is 34.4 Å². The van der Waals surface area contributed by atoms with Crippen molar-refractivity contribution in [2.75, 3.05) is 11.9 Å². The highest BCUT2D eigenvalue weighted by Crippen LogP contribution is 2.14. The summed E-state index contributed by atoms with van der Waals surface area (Å²) in [7, 11) is 0. The van der Waals surface area contributed by atoms with Crippen LogP contribution in [0.1, 0.15) is 26.7 Å². The Bertz CT molecular complexity index is 392. The average Bonchev–Trinajstić information content (AvgIpc) is 2.22. The van der Waals surface area contributed by atoms with E-state index in [9.17, 15) is 4.79 Å². The Morgan fingerprint density at radius 1 is 1.39 bits per heavy atom. The fourth-order valence-corrected chi connectivity index (χ4v) is 1.71. The molecule has 0 atom stereocenters. The predicted molar refractivity (Wildman–Crippen MR) is 73.1 cm³/mol. The maximum absolute atomic E-state index is 11.6. The molecule has 0 aliphatic rings. The Hall–Kier alpha value is -0.910. The summed E-state index contributed by atoms with van der Waals surface area (Å²) in [6, 6.07) is 1.88. The molecule has 7 heteroatoms. The van der Waals surface area contributed by atoms with Gasteiger partial charge in [-0.05, 0) is 24.6 Å². The first-order valence-electron chi connectivity index (χ1n) is 5.70. The number of hydrogen-bond donors (Lipinski definition) is 2. The van der Waals surface area contributed by atoms with Crippen LogP contribution in [0, 0.1) is 0 Å². The molecule has 0 aromatic carbocycles. The number of carbonyl (C=O) groups excluding carboxylic acids is 1. The van der Waals surface area contributed by atoms with E-state index in [1.807, 2.05) is 0 Å².